The SMILES string of the molecule is COc1ncccc1-c1nc(NC(=O)C2(c3ccc4c(c3)OC(F)(F)C4)CC2)ccc1C. The van der Waals surface area contributed by atoms with Crippen molar-refractivity contribution >= 4 is 11.7 Å². The van der Waals surface area contributed by atoms with E-state index in [9.17, 15) is 13.6 Å². The number of hydrogen-bond acceptors (Lipinski definition) is 5. The highest BCUT2D eigenvalue weighted by Gasteiger charge is 2.52. The molecule has 1 aliphatic heterocycles. The molecule has 1 aromatic carbocycles. The third kappa shape index (κ3) is 3.45. The fraction of sp³-hybridized carbons (Fsp3) is 0.292. The van der Waals surface area contributed by atoms with E-state index in [0.717, 1.165) is 11.1 Å². The summed E-state index contributed by atoms with van der Waals surface area (Å²) in [6.45, 7) is 1.92. The molecule has 0 unspecified atom stereocenters. The highest BCUT2D eigenvalue weighted by atomic mass is 19.3. The molecule has 164 valence electrons. The van der Waals surface area contributed by atoms with Crippen molar-refractivity contribution in [1.82, 2.24) is 9.97 Å². The number of methoxy groups -OCH3 is 1. The van der Waals surface area contributed by atoms with Crippen LogP contribution in [0.25, 0.3) is 11.3 Å². The molecule has 0 spiro atoms. The molecule has 3 heterocycles. The van der Waals surface area contributed by atoms with E-state index in [2.05, 4.69) is 15.3 Å². The summed E-state index contributed by atoms with van der Waals surface area (Å²) in [6, 6.07) is 12.2. The summed E-state index contributed by atoms with van der Waals surface area (Å²) < 4.78 is 37.2. The number of amides is 1. The second kappa shape index (κ2) is 7.25. The van der Waals surface area contributed by atoms with Crippen LogP contribution < -0.4 is 14.8 Å². The first-order valence-corrected chi connectivity index (χ1v) is 10.3. The van der Waals surface area contributed by atoms with Crippen LogP contribution in [-0.2, 0) is 16.6 Å². The first-order valence-electron chi connectivity index (χ1n) is 10.3. The average molecular weight is 437 g/mol. The Bertz CT molecular complexity index is 1220. The maximum atomic E-state index is 13.6. The van der Waals surface area contributed by atoms with Gasteiger partial charge in [-0.25, -0.2) is 9.97 Å². The van der Waals surface area contributed by atoms with Crippen molar-refractivity contribution in [3.8, 4) is 22.9 Å². The molecule has 1 N–H and O–H groups in total. The molecule has 0 atom stereocenters. The number of fused-ring (bicyclic) bond motifs is 1. The smallest absolute Gasteiger partial charge is 0.402 e. The van der Waals surface area contributed by atoms with Crippen LogP contribution in [0.5, 0.6) is 11.6 Å². The minimum Gasteiger partial charge on any atom is -0.481 e. The lowest BCUT2D eigenvalue weighted by atomic mass is 9.93. The summed E-state index contributed by atoms with van der Waals surface area (Å²) in [7, 11) is 1.54. The van der Waals surface area contributed by atoms with Gasteiger partial charge in [0.15, 0.2) is 0 Å². The van der Waals surface area contributed by atoms with Gasteiger partial charge in [0, 0.05) is 11.8 Å². The predicted octanol–water partition coefficient (Wildman–Crippen LogP) is 4.66. The molecule has 1 aliphatic carbocycles. The largest absolute Gasteiger partial charge is 0.481 e. The van der Waals surface area contributed by atoms with Crippen LogP contribution in [0.4, 0.5) is 14.6 Å². The number of aromatic nitrogens is 2. The van der Waals surface area contributed by atoms with Crippen molar-refractivity contribution in [2.75, 3.05) is 12.4 Å². The van der Waals surface area contributed by atoms with Crippen LogP contribution in [0.2, 0.25) is 0 Å². The monoisotopic (exact) mass is 437 g/mol. The van der Waals surface area contributed by atoms with Gasteiger partial charge in [-0.3, -0.25) is 4.79 Å². The van der Waals surface area contributed by atoms with Gasteiger partial charge in [0.25, 0.3) is 0 Å². The third-order valence-electron chi connectivity index (χ3n) is 6.02. The second-order valence-electron chi connectivity index (χ2n) is 8.20. The molecule has 0 radical (unpaired) electrons. The number of hydrogen-bond donors (Lipinski definition) is 1. The molecular weight excluding hydrogens is 416 g/mol. The van der Waals surface area contributed by atoms with Gasteiger partial charge in [0.2, 0.25) is 11.8 Å². The Morgan fingerprint density at radius 3 is 2.75 bits per heavy atom. The first kappa shape index (κ1) is 20.4. The Labute approximate surface area is 183 Å². The second-order valence-corrected chi connectivity index (χ2v) is 8.20. The fourth-order valence-corrected chi connectivity index (χ4v) is 4.12. The maximum Gasteiger partial charge on any atom is 0.402 e. The van der Waals surface area contributed by atoms with E-state index in [1.165, 1.54) is 0 Å². The lowest BCUT2D eigenvalue weighted by Gasteiger charge is -2.17. The predicted molar refractivity (Wildman–Crippen MR) is 114 cm³/mol. The summed E-state index contributed by atoms with van der Waals surface area (Å²) in [5.41, 5.74) is 2.65. The van der Waals surface area contributed by atoms with Crippen molar-refractivity contribution in [2.45, 2.75) is 37.7 Å². The number of carbonyl (C=O) groups is 1. The molecule has 0 bridgehead atoms. The Morgan fingerprint density at radius 2 is 2.00 bits per heavy atom. The minimum absolute atomic E-state index is 0.144. The topological polar surface area (TPSA) is 73.3 Å². The van der Waals surface area contributed by atoms with Crippen LogP contribution in [-0.4, -0.2) is 29.1 Å². The molecule has 5 rings (SSSR count). The molecule has 6 nitrogen and oxygen atoms in total. The molecular formula is C24H21F2N3O3. The van der Waals surface area contributed by atoms with Gasteiger partial charge >= 0.3 is 6.11 Å². The summed E-state index contributed by atoms with van der Waals surface area (Å²) in [6.07, 6.45) is -0.756. The number of ether oxygens (including phenoxy) is 2. The Morgan fingerprint density at radius 1 is 1.19 bits per heavy atom. The van der Waals surface area contributed by atoms with Gasteiger partial charge in [-0.15, -0.1) is 0 Å². The number of nitrogens with zero attached hydrogens (tertiary/aromatic N) is 2. The van der Waals surface area contributed by atoms with E-state index >= 15 is 0 Å². The number of pyridine rings is 2. The minimum atomic E-state index is -3.20. The Balaban J connectivity index is 1.41. The van der Waals surface area contributed by atoms with Crippen molar-refractivity contribution in [1.29, 1.82) is 0 Å². The number of anilines is 1. The fourth-order valence-electron chi connectivity index (χ4n) is 4.12. The van der Waals surface area contributed by atoms with Gasteiger partial charge in [-0.2, -0.15) is 8.78 Å². The standard InChI is InChI=1S/C24H21F2N3O3/c1-14-5-8-19(28-20(14)17-4-3-11-27-21(17)31-2)29-22(30)23(9-10-23)16-7-6-15-13-24(25,26)32-18(15)12-16/h3-8,11-12H,9-10,13H2,1-2H3,(H,28,29,30). The quantitative estimate of drug-likeness (QED) is 0.629. The van der Waals surface area contributed by atoms with Gasteiger partial charge in [-0.1, -0.05) is 18.2 Å². The lowest BCUT2D eigenvalue weighted by molar-refractivity contribution is -0.159. The van der Waals surface area contributed by atoms with E-state index in [1.54, 1.807) is 43.6 Å². The number of benzene rings is 1. The molecule has 1 saturated carbocycles. The van der Waals surface area contributed by atoms with Crippen molar-refractivity contribution in [3.63, 3.8) is 0 Å². The summed E-state index contributed by atoms with van der Waals surface area (Å²) in [5.74, 6) is 0.769. The highest BCUT2D eigenvalue weighted by Crippen LogP contribution is 2.51. The van der Waals surface area contributed by atoms with Crippen molar-refractivity contribution < 1.29 is 23.0 Å². The molecule has 0 saturated heterocycles. The molecule has 2 aliphatic rings. The Kier molecular flexibility index (Phi) is 4.62. The van der Waals surface area contributed by atoms with Gasteiger partial charge in [0.05, 0.1) is 30.2 Å². The average Bonchev–Trinajstić information content (AvgIpc) is 3.52. The van der Waals surface area contributed by atoms with Crippen LogP contribution in [0.3, 0.4) is 0 Å². The van der Waals surface area contributed by atoms with E-state index in [1.807, 2.05) is 19.1 Å². The number of carbonyl (C=O) groups excluding carboxylic acids is 1. The molecule has 1 fully saturated rings. The number of alkyl halides is 2. The Hall–Kier alpha value is -3.55. The maximum absolute atomic E-state index is 13.6. The van der Waals surface area contributed by atoms with Crippen LogP contribution in [0, 0.1) is 6.92 Å². The van der Waals surface area contributed by atoms with E-state index in [4.69, 9.17) is 9.47 Å². The zero-order chi connectivity index (χ0) is 22.5. The van der Waals surface area contributed by atoms with Gasteiger partial charge in [-0.05, 0) is 55.2 Å². The molecule has 8 heteroatoms. The number of rotatable bonds is 5. The molecule has 1 amide bonds. The first-order chi connectivity index (χ1) is 15.3. The van der Waals surface area contributed by atoms with Crippen LogP contribution in [0.1, 0.15) is 29.5 Å². The number of nitrogens with one attached hydrogen (secondary N) is 1. The van der Waals surface area contributed by atoms with E-state index in [0.29, 0.717) is 41.4 Å². The lowest BCUT2D eigenvalue weighted by Crippen LogP contribution is -2.28. The van der Waals surface area contributed by atoms with Crippen molar-refractivity contribution in [3.05, 3.63) is 65.4 Å². The van der Waals surface area contributed by atoms with Crippen molar-refractivity contribution in [2.24, 2.45) is 0 Å². The number of halogens is 2. The van der Waals surface area contributed by atoms with E-state index < -0.39 is 17.9 Å². The summed E-state index contributed by atoms with van der Waals surface area (Å²) in [5, 5.41) is 2.90. The molecule has 32 heavy (non-hydrogen) atoms. The third-order valence-corrected chi connectivity index (χ3v) is 6.02. The van der Waals surface area contributed by atoms with Gasteiger partial charge in [0.1, 0.15) is 11.6 Å². The molecule has 2 aromatic heterocycles. The molecule has 3 aromatic rings. The van der Waals surface area contributed by atoms with Crippen LogP contribution in [0.15, 0.2) is 48.7 Å². The number of aryl methyl sites for hydroxylation is 1. The zero-order valence-corrected chi connectivity index (χ0v) is 17.6. The highest BCUT2D eigenvalue weighted by molar-refractivity contribution is 6.01. The normalized spacial score (nSPS) is 17.2. The van der Waals surface area contributed by atoms with Crippen LogP contribution >= 0.6 is 0 Å². The zero-order valence-electron chi connectivity index (χ0n) is 17.6. The summed E-state index contributed by atoms with van der Waals surface area (Å²) >= 11 is 0. The van der Waals surface area contributed by atoms with E-state index in [-0.39, 0.29) is 11.7 Å². The summed E-state index contributed by atoms with van der Waals surface area (Å²) in [4.78, 5) is 22.0. The van der Waals surface area contributed by atoms with Gasteiger partial charge < -0.3 is 14.8 Å².